The molecule has 0 bridgehead atoms. The van der Waals surface area contributed by atoms with Crippen LogP contribution in [0.4, 0.5) is 19.0 Å². The highest BCUT2D eigenvalue weighted by atomic mass is 32.1. The van der Waals surface area contributed by atoms with Crippen molar-refractivity contribution >= 4 is 38.3 Å². The number of benzene rings is 1. The van der Waals surface area contributed by atoms with E-state index in [0.717, 1.165) is 98.6 Å². The number of alkyl halides is 3. The fourth-order valence-corrected chi connectivity index (χ4v) is 8.52. The highest BCUT2D eigenvalue weighted by Crippen LogP contribution is 2.35. The Morgan fingerprint density at radius 2 is 1.81 bits per heavy atom. The third-order valence-electron chi connectivity index (χ3n) is 10.2. The molecule has 1 atom stereocenters. The molecule has 5 heterocycles. The Kier molecular flexibility index (Phi) is 9.54. The van der Waals surface area contributed by atoms with E-state index in [0.29, 0.717) is 33.7 Å². The average Bonchev–Trinajstić information content (AvgIpc) is 3.59. The minimum Gasteiger partial charge on any atom is -0.376 e. The molecule has 47 heavy (non-hydrogen) atoms. The number of hydrogen-bond acceptors (Lipinski definition) is 7. The number of thiophene rings is 1. The molecule has 0 aliphatic carbocycles. The fraction of sp³-hybridized carbons (Fsp3) is 0.528. The van der Waals surface area contributed by atoms with Gasteiger partial charge in [0.05, 0.1) is 11.8 Å². The van der Waals surface area contributed by atoms with Crippen LogP contribution in [0.1, 0.15) is 67.1 Å². The molecule has 1 N–H and O–H groups in total. The van der Waals surface area contributed by atoms with Crippen LogP contribution in [0.3, 0.4) is 0 Å². The SMILES string of the molecule is C=C(C)N1CCC([C@@H](C)Cn2c(C#N)cc3c(C)c(CN4CCC(Nc5nc(C)nc6sc(CC(F)(F)F)cc56)CC4)ccc32)CC1. The highest BCUT2D eigenvalue weighted by molar-refractivity contribution is 7.18. The molecule has 0 saturated carbocycles. The van der Waals surface area contributed by atoms with Crippen molar-refractivity contribution in [2.45, 2.75) is 85.1 Å². The van der Waals surface area contributed by atoms with Crippen LogP contribution >= 0.6 is 11.3 Å². The van der Waals surface area contributed by atoms with Crippen LogP contribution in [0.5, 0.6) is 0 Å². The normalized spacial score (nSPS) is 17.8. The molecule has 0 radical (unpaired) electrons. The van der Waals surface area contributed by atoms with Gasteiger partial charge < -0.3 is 14.8 Å². The van der Waals surface area contributed by atoms with Crippen molar-refractivity contribution in [1.82, 2.24) is 24.3 Å². The van der Waals surface area contributed by atoms with Crippen LogP contribution in [-0.2, 0) is 19.5 Å². The second-order valence-corrected chi connectivity index (χ2v) is 14.7. The summed E-state index contributed by atoms with van der Waals surface area (Å²) in [6.45, 7) is 18.1. The molecule has 7 nitrogen and oxygen atoms in total. The minimum absolute atomic E-state index is 0.181. The Hall–Kier alpha value is -3.62. The number of fused-ring (bicyclic) bond motifs is 2. The van der Waals surface area contributed by atoms with Gasteiger partial charge in [0.2, 0.25) is 0 Å². The third-order valence-corrected chi connectivity index (χ3v) is 11.2. The largest absolute Gasteiger partial charge is 0.393 e. The van der Waals surface area contributed by atoms with Gasteiger partial charge in [-0.2, -0.15) is 18.4 Å². The van der Waals surface area contributed by atoms with Crippen molar-refractivity contribution in [3.8, 4) is 6.07 Å². The quantitative estimate of drug-likeness (QED) is 0.195. The van der Waals surface area contributed by atoms with E-state index in [1.165, 1.54) is 11.1 Å². The summed E-state index contributed by atoms with van der Waals surface area (Å²) in [5, 5.41) is 15.4. The number of aromatic nitrogens is 3. The van der Waals surface area contributed by atoms with E-state index in [1.807, 2.05) is 0 Å². The van der Waals surface area contributed by atoms with Gasteiger partial charge in [0.25, 0.3) is 0 Å². The first kappa shape index (κ1) is 33.3. The predicted molar refractivity (Wildman–Crippen MR) is 183 cm³/mol. The monoisotopic (exact) mass is 663 g/mol. The van der Waals surface area contributed by atoms with Crippen molar-refractivity contribution in [2.24, 2.45) is 11.8 Å². The van der Waals surface area contributed by atoms with Gasteiger partial charge in [-0.15, -0.1) is 11.3 Å². The van der Waals surface area contributed by atoms with E-state index in [9.17, 15) is 18.4 Å². The van der Waals surface area contributed by atoms with Crippen molar-refractivity contribution in [1.29, 1.82) is 5.26 Å². The predicted octanol–water partition coefficient (Wildman–Crippen LogP) is 8.20. The molecule has 0 spiro atoms. The van der Waals surface area contributed by atoms with E-state index in [2.05, 4.69) is 81.3 Å². The number of piperidine rings is 2. The lowest BCUT2D eigenvalue weighted by molar-refractivity contribution is -0.126. The Labute approximate surface area is 279 Å². The molecule has 0 amide bonds. The molecule has 2 aliphatic heterocycles. The van der Waals surface area contributed by atoms with Crippen molar-refractivity contribution in [3.63, 3.8) is 0 Å². The summed E-state index contributed by atoms with van der Waals surface area (Å²) in [5.74, 6) is 2.29. The van der Waals surface area contributed by atoms with Crippen LogP contribution in [-0.4, -0.2) is 62.7 Å². The van der Waals surface area contributed by atoms with Gasteiger partial charge in [-0.05, 0) is 87.6 Å². The molecular formula is C36H44F3N7S. The Morgan fingerprint density at radius 3 is 2.47 bits per heavy atom. The second kappa shape index (κ2) is 13.5. The molecule has 250 valence electrons. The van der Waals surface area contributed by atoms with Crippen molar-refractivity contribution in [3.05, 3.63) is 64.1 Å². The zero-order chi connectivity index (χ0) is 33.5. The first-order valence-corrected chi connectivity index (χ1v) is 17.4. The van der Waals surface area contributed by atoms with Gasteiger partial charge in [-0.25, -0.2) is 9.97 Å². The lowest BCUT2D eigenvalue weighted by Crippen LogP contribution is -2.39. The van der Waals surface area contributed by atoms with Crippen LogP contribution < -0.4 is 5.32 Å². The lowest BCUT2D eigenvalue weighted by Gasteiger charge is -2.36. The number of nitrogens with zero attached hydrogens (tertiary/aromatic N) is 6. The maximum absolute atomic E-state index is 13.0. The van der Waals surface area contributed by atoms with Crippen LogP contribution in [0, 0.1) is 37.0 Å². The standard InChI is InChI=1S/C36H44F3N7S/c1-22(2)45-14-8-26(9-15-45)23(3)20-46-29(19-40)16-31-24(4)27(6-7-33(31)46)21-44-12-10-28(11-13-44)43-34-32-17-30(18-36(37,38)39)47-35(32)42-25(5)41-34/h6-7,16-17,23,26,28H,1,8-15,18,20-21H2,2-5H3,(H,41,42,43)/t23-/m0/s1. The highest BCUT2D eigenvalue weighted by Gasteiger charge is 2.30. The van der Waals surface area contributed by atoms with Crippen LogP contribution in [0.2, 0.25) is 0 Å². The van der Waals surface area contributed by atoms with Gasteiger partial charge in [-0.1, -0.05) is 19.6 Å². The number of nitriles is 1. The summed E-state index contributed by atoms with van der Waals surface area (Å²) >= 11 is 1.09. The number of rotatable bonds is 9. The number of anilines is 1. The Balaban J connectivity index is 1.09. The molecule has 3 aromatic heterocycles. The fourth-order valence-electron chi connectivity index (χ4n) is 7.41. The third kappa shape index (κ3) is 7.44. The second-order valence-electron chi connectivity index (χ2n) is 13.6. The van der Waals surface area contributed by atoms with E-state index in [4.69, 9.17) is 0 Å². The summed E-state index contributed by atoms with van der Waals surface area (Å²) in [7, 11) is 0. The van der Waals surface area contributed by atoms with E-state index in [1.54, 1.807) is 13.0 Å². The number of allylic oxidation sites excluding steroid dienone is 1. The number of likely N-dealkylation sites (tertiary alicyclic amines) is 2. The van der Waals surface area contributed by atoms with Crippen molar-refractivity contribution in [2.75, 3.05) is 31.5 Å². The first-order valence-electron chi connectivity index (χ1n) is 16.6. The molecule has 0 unspecified atom stereocenters. The molecule has 4 aromatic rings. The topological polar surface area (TPSA) is 73.0 Å². The van der Waals surface area contributed by atoms with Crippen LogP contribution in [0.15, 0.2) is 36.5 Å². The van der Waals surface area contributed by atoms with Gasteiger partial charge in [0.1, 0.15) is 28.2 Å². The number of aryl methyl sites for hydroxylation is 2. The van der Waals surface area contributed by atoms with E-state index >= 15 is 0 Å². The Bertz CT molecular complexity index is 1800. The smallest absolute Gasteiger partial charge is 0.376 e. The number of halogens is 3. The molecule has 2 aliphatic rings. The summed E-state index contributed by atoms with van der Waals surface area (Å²) < 4.78 is 41.3. The minimum atomic E-state index is -4.25. The van der Waals surface area contributed by atoms with Crippen LogP contribution in [0.25, 0.3) is 21.1 Å². The lowest BCUT2D eigenvalue weighted by atomic mass is 9.85. The van der Waals surface area contributed by atoms with Gasteiger partial charge in [0.15, 0.2) is 0 Å². The maximum Gasteiger partial charge on any atom is 0.393 e. The molecule has 11 heteroatoms. The molecule has 6 rings (SSSR count). The summed E-state index contributed by atoms with van der Waals surface area (Å²) in [4.78, 5) is 14.6. The first-order chi connectivity index (χ1) is 22.4. The van der Waals surface area contributed by atoms with Gasteiger partial charge >= 0.3 is 6.18 Å². The Morgan fingerprint density at radius 1 is 1.09 bits per heavy atom. The van der Waals surface area contributed by atoms with Crippen molar-refractivity contribution < 1.29 is 13.2 Å². The molecule has 1 aromatic carbocycles. The molecule has 2 saturated heterocycles. The zero-order valence-electron chi connectivity index (χ0n) is 27.8. The molecule has 2 fully saturated rings. The summed E-state index contributed by atoms with van der Waals surface area (Å²) in [6, 6.07) is 10.7. The van der Waals surface area contributed by atoms with Gasteiger partial charge in [-0.3, -0.25) is 4.90 Å². The summed E-state index contributed by atoms with van der Waals surface area (Å²) in [5.41, 5.74) is 5.51. The molecular weight excluding hydrogens is 620 g/mol. The van der Waals surface area contributed by atoms with Gasteiger partial charge in [0, 0.05) is 66.8 Å². The van der Waals surface area contributed by atoms with E-state index in [-0.39, 0.29) is 10.9 Å². The summed E-state index contributed by atoms with van der Waals surface area (Å²) in [6.07, 6.45) is -1.08. The zero-order valence-corrected chi connectivity index (χ0v) is 28.6. The number of hydrogen-bond donors (Lipinski definition) is 1. The number of nitrogens with one attached hydrogen (secondary N) is 1. The average molecular weight is 664 g/mol. The maximum atomic E-state index is 13.0. The van der Waals surface area contributed by atoms with E-state index < -0.39 is 12.6 Å².